The molecule has 0 aromatic rings. The van der Waals surface area contributed by atoms with Gasteiger partial charge in [-0.05, 0) is 25.3 Å². The van der Waals surface area contributed by atoms with Gasteiger partial charge in [0, 0.05) is 11.6 Å². The van der Waals surface area contributed by atoms with Crippen molar-refractivity contribution in [2.75, 3.05) is 6.61 Å². The average molecular weight is 158 g/mol. The van der Waals surface area contributed by atoms with E-state index in [2.05, 4.69) is 0 Å². The van der Waals surface area contributed by atoms with E-state index < -0.39 is 0 Å². The minimum atomic E-state index is 0.216. The summed E-state index contributed by atoms with van der Waals surface area (Å²) in [7, 11) is 0. The first-order valence-electron chi connectivity index (χ1n) is 3.32. The molecule has 1 rings (SSSR count). The molecule has 0 saturated heterocycles. The van der Waals surface area contributed by atoms with Crippen LogP contribution < -0.4 is 0 Å². The number of aliphatic hydroxyl groups is 1. The lowest BCUT2D eigenvalue weighted by molar-refractivity contribution is 0.299. The van der Waals surface area contributed by atoms with Gasteiger partial charge in [-0.15, -0.1) is 0 Å². The molecule has 0 spiro atoms. The van der Waals surface area contributed by atoms with Crippen LogP contribution in [0.5, 0.6) is 0 Å². The van der Waals surface area contributed by atoms with Crippen LogP contribution >= 0.6 is 11.6 Å². The van der Waals surface area contributed by atoms with Crippen LogP contribution in [0.2, 0.25) is 0 Å². The van der Waals surface area contributed by atoms with Gasteiger partial charge in [-0.1, -0.05) is 23.3 Å². The van der Waals surface area contributed by atoms with Crippen LogP contribution in [0.4, 0.5) is 0 Å². The number of allylic oxidation sites excluding steroid dienone is 3. The molecule has 1 aliphatic carbocycles. The standard InChI is InChI=1S/C8H10ClO/c9-8-3-1-7(2-4-8)5-6-10/h1-3,10H,4-6H2. The summed E-state index contributed by atoms with van der Waals surface area (Å²) < 4.78 is 0. The molecule has 0 heterocycles. The van der Waals surface area contributed by atoms with Crippen LogP contribution in [0.1, 0.15) is 12.8 Å². The van der Waals surface area contributed by atoms with Crippen molar-refractivity contribution in [3.63, 3.8) is 0 Å². The van der Waals surface area contributed by atoms with E-state index in [1.54, 1.807) is 0 Å². The maximum absolute atomic E-state index is 8.57. The Morgan fingerprint density at radius 3 is 2.80 bits per heavy atom. The molecule has 0 aromatic carbocycles. The summed E-state index contributed by atoms with van der Waals surface area (Å²) in [5, 5.41) is 9.43. The molecule has 0 bridgehead atoms. The smallest absolute Gasteiger partial charge is 0.0468 e. The van der Waals surface area contributed by atoms with Crippen molar-refractivity contribution in [1.29, 1.82) is 0 Å². The maximum Gasteiger partial charge on any atom is 0.0468 e. The fraction of sp³-hybridized carbons (Fsp3) is 0.375. The van der Waals surface area contributed by atoms with Crippen molar-refractivity contribution in [1.82, 2.24) is 0 Å². The molecule has 0 fully saturated rings. The molecular formula is C8H10ClO. The van der Waals surface area contributed by atoms with Gasteiger partial charge < -0.3 is 5.11 Å². The van der Waals surface area contributed by atoms with Crippen molar-refractivity contribution in [2.45, 2.75) is 12.8 Å². The second-order valence-corrected chi connectivity index (χ2v) is 2.72. The topological polar surface area (TPSA) is 20.2 Å². The van der Waals surface area contributed by atoms with Gasteiger partial charge in [0.25, 0.3) is 0 Å². The second kappa shape index (κ2) is 3.79. The SMILES string of the molecule is OCCC1=CC=C(Cl)C[CH]1. The predicted octanol–water partition coefficient (Wildman–Crippen LogP) is 2.03. The molecule has 1 radical (unpaired) electrons. The van der Waals surface area contributed by atoms with Gasteiger partial charge in [-0.2, -0.15) is 0 Å². The Balaban J connectivity index is 2.47. The fourth-order valence-corrected chi connectivity index (χ4v) is 1.02. The van der Waals surface area contributed by atoms with Gasteiger partial charge in [-0.25, -0.2) is 0 Å². The Hall–Kier alpha value is -0.270. The summed E-state index contributed by atoms with van der Waals surface area (Å²) in [6.45, 7) is 0.216. The largest absolute Gasteiger partial charge is 0.396 e. The summed E-state index contributed by atoms with van der Waals surface area (Å²) in [4.78, 5) is 0. The fourth-order valence-electron chi connectivity index (χ4n) is 0.877. The molecule has 1 aliphatic rings. The van der Waals surface area contributed by atoms with E-state index in [1.165, 1.54) is 5.57 Å². The van der Waals surface area contributed by atoms with Crippen LogP contribution in [-0.2, 0) is 0 Å². The Labute approximate surface area is 66.0 Å². The number of rotatable bonds is 2. The van der Waals surface area contributed by atoms with Crippen LogP contribution in [0.15, 0.2) is 22.8 Å². The van der Waals surface area contributed by atoms with E-state index in [0.717, 1.165) is 17.9 Å². The molecule has 2 heteroatoms. The van der Waals surface area contributed by atoms with Crippen molar-refractivity contribution in [3.8, 4) is 0 Å². The Bertz CT molecular complexity index is 166. The maximum atomic E-state index is 8.57. The minimum absolute atomic E-state index is 0.216. The molecule has 55 valence electrons. The first-order valence-corrected chi connectivity index (χ1v) is 3.70. The van der Waals surface area contributed by atoms with Gasteiger partial charge in [-0.3, -0.25) is 0 Å². The first-order chi connectivity index (χ1) is 4.83. The molecule has 0 aliphatic heterocycles. The number of aliphatic hydroxyl groups excluding tert-OH is 1. The summed E-state index contributed by atoms with van der Waals surface area (Å²) in [5.74, 6) is 0. The summed E-state index contributed by atoms with van der Waals surface area (Å²) >= 11 is 5.70. The quantitative estimate of drug-likeness (QED) is 0.651. The zero-order valence-electron chi connectivity index (χ0n) is 5.68. The van der Waals surface area contributed by atoms with E-state index in [1.807, 2.05) is 18.6 Å². The van der Waals surface area contributed by atoms with E-state index in [0.29, 0.717) is 0 Å². The summed E-state index contributed by atoms with van der Waals surface area (Å²) in [6.07, 6.45) is 7.42. The third-order valence-corrected chi connectivity index (χ3v) is 1.72. The van der Waals surface area contributed by atoms with Gasteiger partial charge in [0.15, 0.2) is 0 Å². The highest BCUT2D eigenvalue weighted by Crippen LogP contribution is 2.21. The zero-order chi connectivity index (χ0) is 7.40. The Morgan fingerprint density at radius 1 is 1.50 bits per heavy atom. The molecule has 10 heavy (non-hydrogen) atoms. The van der Waals surface area contributed by atoms with Gasteiger partial charge in [0.05, 0.1) is 0 Å². The molecule has 0 atom stereocenters. The van der Waals surface area contributed by atoms with Gasteiger partial charge in [0.2, 0.25) is 0 Å². The van der Waals surface area contributed by atoms with E-state index >= 15 is 0 Å². The van der Waals surface area contributed by atoms with Crippen LogP contribution in [0.25, 0.3) is 0 Å². The molecular weight excluding hydrogens is 148 g/mol. The van der Waals surface area contributed by atoms with Crippen LogP contribution in [0.3, 0.4) is 0 Å². The number of hydrogen-bond donors (Lipinski definition) is 1. The first kappa shape index (κ1) is 7.83. The molecule has 0 saturated carbocycles. The highest BCUT2D eigenvalue weighted by molar-refractivity contribution is 6.29. The third kappa shape index (κ3) is 2.16. The van der Waals surface area contributed by atoms with Crippen molar-refractivity contribution >= 4 is 11.6 Å². The lowest BCUT2D eigenvalue weighted by Crippen LogP contribution is -1.93. The summed E-state index contributed by atoms with van der Waals surface area (Å²) in [6, 6.07) is 0. The van der Waals surface area contributed by atoms with Crippen molar-refractivity contribution in [3.05, 3.63) is 29.2 Å². The second-order valence-electron chi connectivity index (χ2n) is 2.24. The van der Waals surface area contributed by atoms with E-state index in [9.17, 15) is 0 Å². The van der Waals surface area contributed by atoms with Gasteiger partial charge >= 0.3 is 0 Å². The lowest BCUT2D eigenvalue weighted by atomic mass is 10.0. The molecule has 0 amide bonds. The molecule has 1 N–H and O–H groups in total. The van der Waals surface area contributed by atoms with Gasteiger partial charge in [0.1, 0.15) is 0 Å². The minimum Gasteiger partial charge on any atom is -0.396 e. The van der Waals surface area contributed by atoms with E-state index in [-0.39, 0.29) is 6.61 Å². The Morgan fingerprint density at radius 2 is 2.30 bits per heavy atom. The Kier molecular flexibility index (Phi) is 2.97. The monoisotopic (exact) mass is 157 g/mol. The predicted molar refractivity (Wildman–Crippen MR) is 42.6 cm³/mol. The average Bonchev–Trinajstić information content (AvgIpc) is 1.95. The van der Waals surface area contributed by atoms with Crippen molar-refractivity contribution < 1.29 is 5.11 Å². The van der Waals surface area contributed by atoms with Crippen molar-refractivity contribution in [2.24, 2.45) is 0 Å². The number of halogens is 1. The molecule has 0 aromatic heterocycles. The highest BCUT2D eigenvalue weighted by Gasteiger charge is 2.03. The normalized spacial score (nSPS) is 18.2. The molecule has 0 unspecified atom stereocenters. The highest BCUT2D eigenvalue weighted by atomic mass is 35.5. The molecule has 1 nitrogen and oxygen atoms in total. The van der Waals surface area contributed by atoms with Crippen LogP contribution in [0, 0.1) is 6.42 Å². The third-order valence-electron chi connectivity index (χ3n) is 1.44. The lowest BCUT2D eigenvalue weighted by Gasteiger charge is -2.07. The zero-order valence-corrected chi connectivity index (χ0v) is 6.43. The number of hydrogen-bond acceptors (Lipinski definition) is 1. The van der Waals surface area contributed by atoms with E-state index in [4.69, 9.17) is 16.7 Å². The summed E-state index contributed by atoms with van der Waals surface area (Å²) in [5.41, 5.74) is 1.17. The van der Waals surface area contributed by atoms with Crippen LogP contribution in [-0.4, -0.2) is 11.7 Å².